The summed E-state index contributed by atoms with van der Waals surface area (Å²) in [5, 5.41) is 2.85. The minimum absolute atomic E-state index is 0.178. The van der Waals surface area contributed by atoms with Gasteiger partial charge in [-0.3, -0.25) is 9.78 Å². The molecule has 0 unspecified atom stereocenters. The molecule has 0 aliphatic carbocycles. The van der Waals surface area contributed by atoms with Gasteiger partial charge in [-0.25, -0.2) is 8.78 Å². The summed E-state index contributed by atoms with van der Waals surface area (Å²) in [5.74, 6) is -1.12. The molecule has 0 bridgehead atoms. The number of carbonyl (C=O) groups excluding carboxylic acids is 1. The van der Waals surface area contributed by atoms with Crippen molar-refractivity contribution in [3.8, 4) is 0 Å². The number of carbonyl (C=O) groups is 1. The summed E-state index contributed by atoms with van der Waals surface area (Å²) in [4.78, 5) is 17.1. The molecule has 1 aliphatic heterocycles. The van der Waals surface area contributed by atoms with Crippen LogP contribution in [0.1, 0.15) is 37.1 Å². The van der Waals surface area contributed by atoms with Gasteiger partial charge in [0.1, 0.15) is 11.6 Å². The molecule has 1 aromatic carbocycles. The highest BCUT2D eigenvalue weighted by Crippen LogP contribution is 2.36. The molecule has 3 rings (SSSR count). The molecule has 1 N–H and O–H groups in total. The van der Waals surface area contributed by atoms with Crippen molar-refractivity contribution >= 4 is 5.91 Å². The minimum Gasteiger partial charge on any atom is -0.381 e. The highest BCUT2D eigenvalue weighted by molar-refractivity contribution is 5.88. The van der Waals surface area contributed by atoms with E-state index in [1.807, 2.05) is 0 Å². The van der Waals surface area contributed by atoms with Crippen molar-refractivity contribution in [3.63, 3.8) is 0 Å². The molecule has 25 heavy (non-hydrogen) atoms. The Kier molecular flexibility index (Phi) is 5.08. The molecule has 1 aromatic heterocycles. The zero-order valence-electron chi connectivity index (χ0n) is 14.0. The van der Waals surface area contributed by atoms with Crippen LogP contribution in [0.4, 0.5) is 8.78 Å². The molecule has 0 saturated carbocycles. The first-order chi connectivity index (χ1) is 12.0. The van der Waals surface area contributed by atoms with Gasteiger partial charge in [0.25, 0.3) is 0 Å². The molecular formula is C19H20F2N2O2. The van der Waals surface area contributed by atoms with E-state index >= 15 is 0 Å². The smallest absolute Gasteiger partial charge is 0.231 e. The zero-order valence-corrected chi connectivity index (χ0v) is 14.0. The quantitative estimate of drug-likeness (QED) is 0.924. The summed E-state index contributed by atoms with van der Waals surface area (Å²) < 4.78 is 33.0. The van der Waals surface area contributed by atoms with Crippen LogP contribution in [-0.4, -0.2) is 24.1 Å². The lowest BCUT2D eigenvalue weighted by molar-refractivity contribution is -0.131. The lowest BCUT2D eigenvalue weighted by atomic mass is 9.73. The third-order valence-electron chi connectivity index (χ3n) is 4.70. The van der Waals surface area contributed by atoms with E-state index in [-0.39, 0.29) is 17.4 Å². The number of ether oxygens (including phenoxy) is 1. The monoisotopic (exact) mass is 346 g/mol. The molecule has 0 radical (unpaired) electrons. The highest BCUT2D eigenvalue weighted by atomic mass is 19.1. The van der Waals surface area contributed by atoms with Gasteiger partial charge in [-0.05, 0) is 49.6 Å². The average molecular weight is 346 g/mol. The molecule has 1 saturated heterocycles. The van der Waals surface area contributed by atoms with Crippen LogP contribution in [0, 0.1) is 11.6 Å². The second kappa shape index (κ2) is 7.27. The molecule has 2 heterocycles. The Balaban J connectivity index is 1.89. The van der Waals surface area contributed by atoms with Crippen LogP contribution in [0.2, 0.25) is 0 Å². The minimum atomic E-state index is -0.889. The predicted octanol–water partition coefficient (Wildman–Crippen LogP) is 3.29. The first kappa shape index (κ1) is 17.5. The van der Waals surface area contributed by atoms with Gasteiger partial charge in [0, 0.05) is 19.4 Å². The van der Waals surface area contributed by atoms with E-state index in [1.165, 1.54) is 30.5 Å². The Morgan fingerprint density at radius 1 is 1.24 bits per heavy atom. The number of benzene rings is 1. The van der Waals surface area contributed by atoms with Crippen molar-refractivity contribution in [2.24, 2.45) is 0 Å². The largest absolute Gasteiger partial charge is 0.381 e. The Morgan fingerprint density at radius 2 is 2.00 bits per heavy atom. The topological polar surface area (TPSA) is 51.2 Å². The van der Waals surface area contributed by atoms with Crippen molar-refractivity contribution < 1.29 is 18.3 Å². The van der Waals surface area contributed by atoms with E-state index < -0.39 is 17.3 Å². The van der Waals surface area contributed by atoms with Gasteiger partial charge in [-0.1, -0.05) is 12.1 Å². The molecule has 6 heteroatoms. The number of hydrogen-bond donors (Lipinski definition) is 1. The van der Waals surface area contributed by atoms with Crippen molar-refractivity contribution in [1.29, 1.82) is 0 Å². The van der Waals surface area contributed by atoms with Gasteiger partial charge < -0.3 is 10.1 Å². The number of amides is 1. The number of aromatic nitrogens is 1. The number of rotatable bonds is 4. The normalized spacial score (nSPS) is 17.7. The van der Waals surface area contributed by atoms with Crippen LogP contribution < -0.4 is 5.32 Å². The first-order valence-electron chi connectivity index (χ1n) is 8.28. The van der Waals surface area contributed by atoms with Crippen LogP contribution in [0.25, 0.3) is 0 Å². The maximum absolute atomic E-state index is 13.9. The summed E-state index contributed by atoms with van der Waals surface area (Å²) in [5.41, 5.74) is -0.0980. The number of pyridine rings is 1. The Bertz CT molecular complexity index is 761. The Morgan fingerprint density at radius 3 is 2.68 bits per heavy atom. The number of halogens is 2. The lowest BCUT2D eigenvalue weighted by Crippen LogP contribution is -2.48. The third-order valence-corrected chi connectivity index (χ3v) is 4.70. The fraction of sp³-hybridized carbons (Fsp3) is 0.368. The standard InChI is InChI=1S/C19H20F2N2O2/c1-13(17-16(21)6-3-9-22-17)23-18(24)19(7-10-25-11-8-19)14-4-2-5-15(20)12-14/h2-6,9,12-13H,7-8,10-11H2,1H3,(H,23,24)/t13-/m1/s1. The van der Waals surface area contributed by atoms with E-state index in [1.54, 1.807) is 19.1 Å². The van der Waals surface area contributed by atoms with Crippen LogP contribution in [-0.2, 0) is 14.9 Å². The van der Waals surface area contributed by atoms with Crippen molar-refractivity contribution in [2.75, 3.05) is 13.2 Å². The van der Waals surface area contributed by atoms with Crippen molar-refractivity contribution in [3.05, 3.63) is 65.5 Å². The molecule has 4 nitrogen and oxygen atoms in total. The second-order valence-electron chi connectivity index (χ2n) is 6.27. The van der Waals surface area contributed by atoms with Crippen molar-refractivity contribution in [1.82, 2.24) is 10.3 Å². The number of hydrogen-bond acceptors (Lipinski definition) is 3. The molecule has 0 spiro atoms. The molecule has 1 atom stereocenters. The SMILES string of the molecule is C[C@@H](NC(=O)C1(c2cccc(F)c2)CCOCC1)c1ncccc1F. The van der Waals surface area contributed by atoms with Crippen LogP contribution in [0.15, 0.2) is 42.6 Å². The van der Waals surface area contributed by atoms with Crippen LogP contribution in [0.3, 0.4) is 0 Å². The molecule has 2 aromatic rings. The molecule has 132 valence electrons. The van der Waals surface area contributed by atoms with Gasteiger partial charge in [0.15, 0.2) is 0 Å². The maximum atomic E-state index is 13.9. The summed E-state index contributed by atoms with van der Waals surface area (Å²) in [6.45, 7) is 2.51. The number of nitrogens with one attached hydrogen (secondary N) is 1. The van der Waals surface area contributed by atoms with Gasteiger partial charge in [0.05, 0.1) is 17.2 Å². The zero-order chi connectivity index (χ0) is 17.9. The van der Waals surface area contributed by atoms with Crippen molar-refractivity contribution in [2.45, 2.75) is 31.2 Å². The lowest BCUT2D eigenvalue weighted by Gasteiger charge is -2.37. The molecule has 1 aliphatic rings. The Hall–Kier alpha value is -2.34. The second-order valence-corrected chi connectivity index (χ2v) is 6.27. The van der Waals surface area contributed by atoms with Gasteiger partial charge in [-0.15, -0.1) is 0 Å². The first-order valence-corrected chi connectivity index (χ1v) is 8.28. The van der Waals surface area contributed by atoms with Crippen LogP contribution in [0.5, 0.6) is 0 Å². The third kappa shape index (κ3) is 3.54. The molecular weight excluding hydrogens is 326 g/mol. The summed E-state index contributed by atoms with van der Waals surface area (Å²) in [6.07, 6.45) is 2.37. The molecule has 1 fully saturated rings. The fourth-order valence-electron chi connectivity index (χ4n) is 3.27. The average Bonchev–Trinajstić information content (AvgIpc) is 2.62. The Labute approximate surface area is 145 Å². The molecule has 1 amide bonds. The predicted molar refractivity (Wildman–Crippen MR) is 88.9 cm³/mol. The summed E-state index contributed by atoms with van der Waals surface area (Å²) in [6, 6.07) is 8.29. The van der Waals surface area contributed by atoms with Gasteiger partial charge in [0.2, 0.25) is 5.91 Å². The van der Waals surface area contributed by atoms with Gasteiger partial charge in [-0.2, -0.15) is 0 Å². The number of nitrogens with zero attached hydrogens (tertiary/aromatic N) is 1. The van der Waals surface area contributed by atoms with E-state index in [0.29, 0.717) is 31.6 Å². The van der Waals surface area contributed by atoms with E-state index in [2.05, 4.69) is 10.3 Å². The van der Waals surface area contributed by atoms with Gasteiger partial charge >= 0.3 is 0 Å². The highest BCUT2D eigenvalue weighted by Gasteiger charge is 2.42. The van der Waals surface area contributed by atoms with E-state index in [0.717, 1.165) is 0 Å². The summed E-state index contributed by atoms with van der Waals surface area (Å²) in [7, 11) is 0. The fourth-order valence-corrected chi connectivity index (χ4v) is 3.27. The van der Waals surface area contributed by atoms with Crippen LogP contribution >= 0.6 is 0 Å². The summed E-state index contributed by atoms with van der Waals surface area (Å²) >= 11 is 0. The van der Waals surface area contributed by atoms with E-state index in [4.69, 9.17) is 4.74 Å². The van der Waals surface area contributed by atoms with E-state index in [9.17, 15) is 13.6 Å². The maximum Gasteiger partial charge on any atom is 0.231 e.